The molecule has 1 amide bonds. The molecule has 160 valence electrons. The highest BCUT2D eigenvalue weighted by Gasteiger charge is 2.45. The normalized spacial score (nSPS) is 23.2. The number of nitrogens with two attached hydrogens (primary N) is 1. The van der Waals surface area contributed by atoms with Crippen LogP contribution in [0.5, 0.6) is 0 Å². The number of anilines is 2. The fourth-order valence-corrected chi connectivity index (χ4v) is 5.16. The van der Waals surface area contributed by atoms with Crippen LogP contribution < -0.4 is 15.5 Å². The summed E-state index contributed by atoms with van der Waals surface area (Å²) < 4.78 is 0. The smallest absolute Gasteiger partial charge is 0.234 e. The predicted octanol–water partition coefficient (Wildman–Crippen LogP) is 0.657. The zero-order chi connectivity index (χ0) is 20.8. The van der Waals surface area contributed by atoms with Crippen LogP contribution in [0.4, 0.5) is 11.8 Å². The van der Waals surface area contributed by atoms with Gasteiger partial charge in [-0.25, -0.2) is 4.98 Å². The van der Waals surface area contributed by atoms with E-state index in [1.807, 2.05) is 25.9 Å². The van der Waals surface area contributed by atoms with Gasteiger partial charge in [0.1, 0.15) is 5.82 Å². The van der Waals surface area contributed by atoms with Gasteiger partial charge in [-0.1, -0.05) is 0 Å². The van der Waals surface area contributed by atoms with E-state index in [9.17, 15) is 9.90 Å². The van der Waals surface area contributed by atoms with Crippen molar-refractivity contribution < 1.29 is 9.90 Å². The summed E-state index contributed by atoms with van der Waals surface area (Å²) in [6.07, 6.45) is 5.48. The Morgan fingerprint density at radius 1 is 1.17 bits per heavy atom. The van der Waals surface area contributed by atoms with Gasteiger partial charge in [-0.3, -0.25) is 9.69 Å². The minimum Gasteiger partial charge on any atom is -0.393 e. The number of likely N-dealkylation sites (tertiary alicyclic amines) is 1. The number of amides is 1. The molecule has 1 unspecified atom stereocenters. The van der Waals surface area contributed by atoms with Gasteiger partial charge in [0, 0.05) is 38.2 Å². The van der Waals surface area contributed by atoms with Crippen LogP contribution in [0.2, 0.25) is 0 Å². The van der Waals surface area contributed by atoms with E-state index in [2.05, 4.69) is 9.80 Å². The molecule has 0 radical (unpaired) electrons. The van der Waals surface area contributed by atoms with Crippen molar-refractivity contribution in [2.24, 2.45) is 5.73 Å². The number of aliphatic hydroxyl groups excluding tert-OH is 1. The summed E-state index contributed by atoms with van der Waals surface area (Å²) in [7, 11) is 3.98. The number of fused-ring (bicyclic) bond motifs is 2. The van der Waals surface area contributed by atoms with Gasteiger partial charge in [0.15, 0.2) is 0 Å². The monoisotopic (exact) mass is 402 g/mol. The Balaban J connectivity index is 1.64. The number of primary amides is 1. The van der Waals surface area contributed by atoms with Crippen molar-refractivity contribution in [3.05, 3.63) is 11.3 Å². The minimum atomic E-state index is -0.250. The largest absolute Gasteiger partial charge is 0.393 e. The molecule has 1 aliphatic carbocycles. The van der Waals surface area contributed by atoms with Crippen molar-refractivity contribution in [3.8, 4) is 0 Å². The molecule has 1 aromatic rings. The molecule has 2 aliphatic heterocycles. The van der Waals surface area contributed by atoms with Gasteiger partial charge >= 0.3 is 0 Å². The molecule has 3 heterocycles. The summed E-state index contributed by atoms with van der Waals surface area (Å²) in [6, 6.07) is -0.216. The molecule has 3 N–H and O–H groups in total. The number of rotatable bonds is 4. The second kappa shape index (κ2) is 7.72. The Morgan fingerprint density at radius 3 is 2.41 bits per heavy atom. The predicted molar refractivity (Wildman–Crippen MR) is 113 cm³/mol. The van der Waals surface area contributed by atoms with Crippen LogP contribution in [0.15, 0.2) is 0 Å². The number of hydrogen-bond donors (Lipinski definition) is 2. The van der Waals surface area contributed by atoms with Crippen LogP contribution in [0.25, 0.3) is 0 Å². The maximum Gasteiger partial charge on any atom is 0.234 e. The number of aromatic nitrogens is 2. The molecular weight excluding hydrogens is 368 g/mol. The maximum absolute atomic E-state index is 11.6. The van der Waals surface area contributed by atoms with Gasteiger partial charge in [0.25, 0.3) is 0 Å². The summed E-state index contributed by atoms with van der Waals surface area (Å²) in [5.74, 6) is 1.58. The van der Waals surface area contributed by atoms with Gasteiger partial charge in [-0.05, 0) is 58.5 Å². The molecule has 4 rings (SSSR count). The first-order valence-electron chi connectivity index (χ1n) is 10.9. The van der Waals surface area contributed by atoms with Gasteiger partial charge in [0.2, 0.25) is 11.9 Å². The number of carbonyl (C=O) groups is 1. The number of nitrogens with zero attached hydrogens (tertiary/aromatic N) is 5. The molecular formula is C21H34N6O2. The lowest BCUT2D eigenvalue weighted by molar-refractivity contribution is -0.123. The maximum atomic E-state index is 11.6. The van der Waals surface area contributed by atoms with Crippen LogP contribution >= 0.6 is 0 Å². The van der Waals surface area contributed by atoms with E-state index < -0.39 is 0 Å². The summed E-state index contributed by atoms with van der Waals surface area (Å²) in [6.45, 7) is 5.33. The van der Waals surface area contributed by atoms with Crippen LogP contribution in [0.3, 0.4) is 0 Å². The van der Waals surface area contributed by atoms with E-state index in [1.54, 1.807) is 0 Å². The zero-order valence-electron chi connectivity index (χ0n) is 17.9. The van der Waals surface area contributed by atoms with Crippen molar-refractivity contribution in [3.63, 3.8) is 0 Å². The quantitative estimate of drug-likeness (QED) is 0.763. The van der Waals surface area contributed by atoms with E-state index in [4.69, 9.17) is 15.7 Å². The Bertz CT molecular complexity index is 767. The van der Waals surface area contributed by atoms with Crippen molar-refractivity contribution in [2.75, 3.05) is 50.1 Å². The van der Waals surface area contributed by atoms with E-state index >= 15 is 0 Å². The highest BCUT2D eigenvalue weighted by Crippen LogP contribution is 2.48. The topological polar surface area (TPSA) is 98.8 Å². The molecule has 2 saturated heterocycles. The summed E-state index contributed by atoms with van der Waals surface area (Å²) in [5, 5.41) is 9.91. The highest BCUT2D eigenvalue weighted by atomic mass is 16.3. The molecule has 0 saturated carbocycles. The Morgan fingerprint density at radius 2 is 1.83 bits per heavy atom. The number of carbonyl (C=O) groups excluding carboxylic acids is 1. The summed E-state index contributed by atoms with van der Waals surface area (Å²) in [4.78, 5) is 28.1. The molecule has 8 nitrogen and oxygen atoms in total. The fraction of sp³-hybridized carbons (Fsp3) is 0.762. The summed E-state index contributed by atoms with van der Waals surface area (Å²) in [5.41, 5.74) is 8.10. The zero-order valence-corrected chi connectivity index (χ0v) is 17.9. The molecule has 2 fully saturated rings. The number of hydrogen-bond acceptors (Lipinski definition) is 7. The Kier molecular flexibility index (Phi) is 5.42. The Hall–Kier alpha value is -1.93. The average molecular weight is 403 g/mol. The average Bonchev–Trinajstić information content (AvgIpc) is 3.06. The van der Waals surface area contributed by atoms with Crippen molar-refractivity contribution in [1.82, 2.24) is 14.9 Å². The lowest BCUT2D eigenvalue weighted by atomic mass is 9.76. The van der Waals surface area contributed by atoms with E-state index in [0.29, 0.717) is 0 Å². The van der Waals surface area contributed by atoms with Gasteiger partial charge in [0.05, 0.1) is 17.8 Å². The third-order valence-electron chi connectivity index (χ3n) is 7.21. The molecule has 3 aliphatic rings. The standard InChI is InChI=1S/C21H34N6O2/c1-14(18(22)29)26-12-8-21(9-13-26)7-4-16-17(21)23-20(25(2)3)24-19(16)27-10-5-15(28)6-11-27/h14-15,28H,4-13H2,1-3H3,(H2,22,29). The second-order valence-corrected chi connectivity index (χ2v) is 9.18. The lowest BCUT2D eigenvalue weighted by Crippen LogP contribution is -2.50. The first-order chi connectivity index (χ1) is 13.8. The first kappa shape index (κ1) is 20.3. The Labute approximate surface area is 173 Å². The molecule has 29 heavy (non-hydrogen) atoms. The number of aliphatic hydroxyl groups is 1. The van der Waals surface area contributed by atoms with Gasteiger partial charge in [-0.2, -0.15) is 4.98 Å². The number of piperidine rings is 2. The van der Waals surface area contributed by atoms with Crippen LogP contribution in [0, 0.1) is 0 Å². The van der Waals surface area contributed by atoms with Gasteiger partial charge < -0.3 is 20.6 Å². The molecule has 1 atom stereocenters. The molecule has 0 bridgehead atoms. The summed E-state index contributed by atoms with van der Waals surface area (Å²) >= 11 is 0. The lowest BCUT2D eigenvalue weighted by Gasteiger charge is -2.41. The highest BCUT2D eigenvalue weighted by molar-refractivity contribution is 5.79. The minimum absolute atomic E-state index is 0.0704. The molecule has 1 spiro atoms. The fourth-order valence-electron chi connectivity index (χ4n) is 5.16. The first-order valence-corrected chi connectivity index (χ1v) is 10.9. The van der Waals surface area contributed by atoms with Crippen molar-refractivity contribution in [1.29, 1.82) is 0 Å². The van der Waals surface area contributed by atoms with Crippen molar-refractivity contribution in [2.45, 2.75) is 63.0 Å². The van der Waals surface area contributed by atoms with Crippen LogP contribution in [0.1, 0.15) is 50.3 Å². The van der Waals surface area contributed by atoms with Gasteiger partial charge in [-0.15, -0.1) is 0 Å². The van der Waals surface area contributed by atoms with Crippen molar-refractivity contribution >= 4 is 17.7 Å². The van der Waals surface area contributed by atoms with E-state index in [1.165, 1.54) is 11.3 Å². The van der Waals surface area contributed by atoms with E-state index in [0.717, 1.165) is 76.5 Å². The molecule has 8 heteroatoms. The second-order valence-electron chi connectivity index (χ2n) is 9.18. The SMILES string of the molecule is CC(C(N)=O)N1CCC2(CCc3c(N4CCC(O)CC4)nc(N(C)C)nc32)CC1. The third kappa shape index (κ3) is 3.68. The molecule has 0 aromatic carbocycles. The molecule has 1 aromatic heterocycles. The third-order valence-corrected chi connectivity index (χ3v) is 7.21. The van der Waals surface area contributed by atoms with Crippen LogP contribution in [-0.2, 0) is 16.6 Å². The van der Waals surface area contributed by atoms with E-state index in [-0.39, 0.29) is 23.5 Å². The van der Waals surface area contributed by atoms with Crippen LogP contribution in [-0.4, -0.2) is 78.3 Å².